The van der Waals surface area contributed by atoms with E-state index in [-0.39, 0.29) is 0 Å². The van der Waals surface area contributed by atoms with Crippen LogP contribution < -0.4 is 9.47 Å². The summed E-state index contributed by atoms with van der Waals surface area (Å²) in [4.78, 5) is 21.6. The van der Waals surface area contributed by atoms with Crippen molar-refractivity contribution in [2.75, 3.05) is 13.2 Å². The van der Waals surface area contributed by atoms with Crippen molar-refractivity contribution in [3.8, 4) is 11.5 Å². The first kappa shape index (κ1) is 16.7. The minimum Gasteiger partial charge on any atom is -0.482 e. The molecule has 0 atom stereocenters. The van der Waals surface area contributed by atoms with E-state index in [2.05, 4.69) is 0 Å². The van der Waals surface area contributed by atoms with Crippen molar-refractivity contribution in [3.05, 3.63) is 48.5 Å². The van der Waals surface area contributed by atoms with Gasteiger partial charge in [0.05, 0.1) is 0 Å². The maximum absolute atomic E-state index is 10.9. The molecule has 1 aromatic heterocycles. The molecule has 0 fully saturated rings. The van der Waals surface area contributed by atoms with Crippen molar-refractivity contribution in [1.82, 2.24) is 0 Å². The molecule has 0 aliphatic carbocycles. The van der Waals surface area contributed by atoms with Crippen LogP contribution in [-0.2, 0) is 9.59 Å². The number of carboxylic acids is 2. The van der Waals surface area contributed by atoms with Crippen LogP contribution in [0.2, 0.25) is 0 Å². The predicted molar refractivity (Wildman–Crippen MR) is 97.5 cm³/mol. The second-order valence-corrected chi connectivity index (χ2v) is 5.92. The SMILES string of the molecule is O=C(O)COc1ccc2oc3c4ccccc4c(OCC(=O)O)cc3c2c1. The Labute approximate surface area is 152 Å². The number of benzene rings is 3. The summed E-state index contributed by atoms with van der Waals surface area (Å²) in [5.41, 5.74) is 1.24. The van der Waals surface area contributed by atoms with E-state index in [1.165, 1.54) is 0 Å². The minimum absolute atomic E-state index is 0.397. The van der Waals surface area contributed by atoms with Crippen LogP contribution in [0.3, 0.4) is 0 Å². The summed E-state index contributed by atoms with van der Waals surface area (Å²) in [5.74, 6) is -1.31. The highest BCUT2D eigenvalue weighted by Crippen LogP contribution is 2.40. The van der Waals surface area contributed by atoms with Gasteiger partial charge in [-0.2, -0.15) is 0 Å². The summed E-state index contributed by atoms with van der Waals surface area (Å²) in [6.45, 7) is -0.907. The van der Waals surface area contributed by atoms with Gasteiger partial charge in [0.2, 0.25) is 0 Å². The summed E-state index contributed by atoms with van der Waals surface area (Å²) in [7, 11) is 0. The molecule has 7 nitrogen and oxygen atoms in total. The maximum atomic E-state index is 10.9. The third-order valence-electron chi connectivity index (χ3n) is 4.12. The third kappa shape index (κ3) is 3.10. The minimum atomic E-state index is -1.07. The van der Waals surface area contributed by atoms with Crippen molar-refractivity contribution >= 4 is 44.6 Å². The van der Waals surface area contributed by atoms with Crippen LogP contribution in [0.1, 0.15) is 0 Å². The summed E-state index contributed by atoms with van der Waals surface area (Å²) < 4.78 is 16.7. The molecule has 0 radical (unpaired) electrons. The summed E-state index contributed by atoms with van der Waals surface area (Å²) >= 11 is 0. The molecule has 0 amide bonds. The van der Waals surface area contributed by atoms with E-state index < -0.39 is 25.2 Å². The Hall–Kier alpha value is -3.74. The Bertz CT molecular complexity index is 1190. The normalized spacial score (nSPS) is 11.1. The fourth-order valence-corrected chi connectivity index (χ4v) is 3.04. The third-order valence-corrected chi connectivity index (χ3v) is 4.12. The Kier molecular flexibility index (Phi) is 4.04. The largest absolute Gasteiger partial charge is 0.482 e. The molecule has 0 spiro atoms. The molecular weight excluding hydrogens is 352 g/mol. The lowest BCUT2D eigenvalue weighted by molar-refractivity contribution is -0.140. The molecule has 0 saturated heterocycles. The first-order valence-electron chi connectivity index (χ1n) is 8.10. The first-order chi connectivity index (χ1) is 13.0. The Morgan fingerprint density at radius 3 is 2.26 bits per heavy atom. The average molecular weight is 366 g/mol. The molecule has 4 aromatic rings. The van der Waals surface area contributed by atoms with E-state index in [4.69, 9.17) is 24.1 Å². The second kappa shape index (κ2) is 6.53. The molecule has 1 heterocycles. The van der Waals surface area contributed by atoms with Gasteiger partial charge >= 0.3 is 11.9 Å². The Morgan fingerprint density at radius 2 is 1.52 bits per heavy atom. The molecule has 3 aromatic carbocycles. The van der Waals surface area contributed by atoms with E-state index in [1.54, 1.807) is 24.3 Å². The van der Waals surface area contributed by atoms with Gasteiger partial charge in [0.25, 0.3) is 0 Å². The zero-order valence-electron chi connectivity index (χ0n) is 14.0. The van der Waals surface area contributed by atoms with Crippen LogP contribution in [0.5, 0.6) is 11.5 Å². The molecule has 0 aliphatic rings. The fourth-order valence-electron chi connectivity index (χ4n) is 3.04. The predicted octanol–water partition coefficient (Wildman–Crippen LogP) is 3.67. The van der Waals surface area contributed by atoms with Gasteiger partial charge in [0, 0.05) is 21.5 Å². The summed E-state index contributed by atoms with van der Waals surface area (Å²) in [6.07, 6.45) is 0. The van der Waals surface area contributed by atoms with Crippen molar-refractivity contribution in [1.29, 1.82) is 0 Å². The van der Waals surface area contributed by atoms with Gasteiger partial charge in [-0.15, -0.1) is 0 Å². The van der Waals surface area contributed by atoms with Gasteiger partial charge in [-0.25, -0.2) is 9.59 Å². The molecule has 0 bridgehead atoms. The quantitative estimate of drug-likeness (QED) is 0.536. The topological polar surface area (TPSA) is 106 Å². The zero-order chi connectivity index (χ0) is 19.0. The number of ether oxygens (including phenoxy) is 2. The highest BCUT2D eigenvalue weighted by molar-refractivity contribution is 6.17. The van der Waals surface area contributed by atoms with Crippen LogP contribution in [0, 0.1) is 0 Å². The Morgan fingerprint density at radius 1 is 0.815 bits per heavy atom. The van der Waals surface area contributed by atoms with Gasteiger partial charge in [0.15, 0.2) is 13.2 Å². The molecule has 136 valence electrons. The number of fused-ring (bicyclic) bond motifs is 5. The van der Waals surface area contributed by atoms with E-state index in [9.17, 15) is 9.59 Å². The van der Waals surface area contributed by atoms with Gasteiger partial charge in [-0.05, 0) is 24.3 Å². The molecule has 27 heavy (non-hydrogen) atoms. The molecular formula is C20H14O7. The molecule has 0 saturated carbocycles. The highest BCUT2D eigenvalue weighted by Gasteiger charge is 2.16. The monoisotopic (exact) mass is 366 g/mol. The number of carboxylic acid groups (broad SMARTS) is 2. The van der Waals surface area contributed by atoms with Crippen LogP contribution in [0.25, 0.3) is 32.7 Å². The van der Waals surface area contributed by atoms with E-state index in [0.29, 0.717) is 22.7 Å². The number of hydrogen-bond donors (Lipinski definition) is 2. The molecule has 2 N–H and O–H groups in total. The molecule has 0 unspecified atom stereocenters. The fraction of sp³-hybridized carbons (Fsp3) is 0.100. The van der Waals surface area contributed by atoms with E-state index in [1.807, 2.05) is 24.3 Å². The standard InChI is InChI=1S/C20H14O7/c21-18(22)9-25-11-5-6-16-14(7-11)15-8-17(26-10-19(23)24)12-3-1-2-4-13(12)20(15)27-16/h1-8H,9-10H2,(H,21,22)(H,23,24). The van der Waals surface area contributed by atoms with E-state index in [0.717, 1.165) is 21.5 Å². The molecule has 7 heteroatoms. The number of furan rings is 1. The van der Waals surface area contributed by atoms with Gasteiger partial charge in [-0.1, -0.05) is 24.3 Å². The molecule has 0 aliphatic heterocycles. The zero-order valence-corrected chi connectivity index (χ0v) is 14.0. The Balaban J connectivity index is 1.92. The van der Waals surface area contributed by atoms with Crippen molar-refractivity contribution in [2.24, 2.45) is 0 Å². The van der Waals surface area contributed by atoms with Crippen LogP contribution in [0.15, 0.2) is 52.9 Å². The number of rotatable bonds is 6. The van der Waals surface area contributed by atoms with Gasteiger partial charge < -0.3 is 24.1 Å². The summed E-state index contributed by atoms with van der Waals surface area (Å²) in [6, 6.07) is 14.2. The van der Waals surface area contributed by atoms with Crippen molar-refractivity contribution < 1.29 is 33.7 Å². The van der Waals surface area contributed by atoms with E-state index >= 15 is 0 Å². The maximum Gasteiger partial charge on any atom is 0.341 e. The summed E-state index contributed by atoms with van der Waals surface area (Å²) in [5, 5.41) is 20.7. The number of hydrogen-bond acceptors (Lipinski definition) is 5. The van der Waals surface area contributed by atoms with Gasteiger partial charge in [-0.3, -0.25) is 0 Å². The highest BCUT2D eigenvalue weighted by atomic mass is 16.5. The lowest BCUT2D eigenvalue weighted by Gasteiger charge is -2.08. The van der Waals surface area contributed by atoms with Crippen LogP contribution in [0.4, 0.5) is 0 Å². The average Bonchev–Trinajstić information content (AvgIpc) is 3.02. The number of aliphatic carboxylic acids is 2. The van der Waals surface area contributed by atoms with Crippen molar-refractivity contribution in [3.63, 3.8) is 0 Å². The number of carbonyl (C=O) groups is 2. The van der Waals surface area contributed by atoms with Gasteiger partial charge in [0.1, 0.15) is 22.7 Å². The van der Waals surface area contributed by atoms with Crippen molar-refractivity contribution in [2.45, 2.75) is 0 Å². The first-order valence-corrected chi connectivity index (χ1v) is 8.10. The lowest BCUT2D eigenvalue weighted by Crippen LogP contribution is -2.09. The van der Waals surface area contributed by atoms with Crippen LogP contribution in [-0.4, -0.2) is 35.4 Å². The van der Waals surface area contributed by atoms with Crippen LogP contribution >= 0.6 is 0 Å². The second-order valence-electron chi connectivity index (χ2n) is 5.92. The lowest BCUT2D eigenvalue weighted by atomic mass is 10.0. The smallest absolute Gasteiger partial charge is 0.341 e. The molecule has 4 rings (SSSR count).